The molecular weight excluding hydrogens is 370 g/mol. The molecule has 2 aromatic heterocycles. The third-order valence-electron chi connectivity index (χ3n) is 4.40. The van der Waals surface area contributed by atoms with E-state index in [1.165, 1.54) is 12.4 Å². The zero-order chi connectivity index (χ0) is 21.0. The van der Waals surface area contributed by atoms with Gasteiger partial charge in [0, 0.05) is 5.69 Å². The summed E-state index contributed by atoms with van der Waals surface area (Å²) in [6, 6.07) is 9.12. The lowest BCUT2D eigenvalue weighted by Crippen LogP contribution is -2.08. The molecule has 0 aliphatic rings. The molecule has 0 unspecified atom stereocenters. The summed E-state index contributed by atoms with van der Waals surface area (Å²) in [5.41, 5.74) is 2.97. The topological polar surface area (TPSA) is 114 Å². The Balaban J connectivity index is 1.90. The second-order valence-corrected chi connectivity index (χ2v) is 6.28. The molecule has 0 atom stereocenters. The number of aromatic amines is 1. The normalized spacial score (nSPS) is 11.2. The number of ether oxygens (including phenoxy) is 1. The van der Waals surface area contributed by atoms with Crippen LogP contribution in [-0.4, -0.2) is 38.1 Å². The van der Waals surface area contributed by atoms with Gasteiger partial charge in [0.15, 0.2) is 0 Å². The number of nitrogens with one attached hydrogen (secondary N) is 1. The first-order chi connectivity index (χ1) is 14.0. The Bertz CT molecular complexity index is 1120. The van der Waals surface area contributed by atoms with Gasteiger partial charge in [0.1, 0.15) is 24.3 Å². The van der Waals surface area contributed by atoms with E-state index < -0.39 is 11.8 Å². The zero-order valence-electron chi connectivity index (χ0n) is 16.3. The number of H-pyrrole nitrogens is 1. The van der Waals surface area contributed by atoms with E-state index >= 15 is 0 Å². The minimum absolute atomic E-state index is 0.0433. The maximum absolute atomic E-state index is 12.9. The standard InChI is InChI=1S/C21H19N5O3/c1-4-29-21(28)18-13(2)19(25-14(18)3)20(27)16(10-22)9-15-5-7-17(8-6-15)26-12-23-11-24-26/h5-9,11-12,25H,4H2,1-3H3/b16-9-. The molecule has 0 bridgehead atoms. The molecule has 1 N–H and O–H groups in total. The largest absolute Gasteiger partial charge is 0.462 e. The molecule has 0 aliphatic carbocycles. The molecule has 3 aromatic rings. The van der Waals surface area contributed by atoms with Gasteiger partial charge < -0.3 is 9.72 Å². The highest BCUT2D eigenvalue weighted by atomic mass is 16.5. The summed E-state index contributed by atoms with van der Waals surface area (Å²) < 4.78 is 6.65. The first kappa shape index (κ1) is 19.8. The number of hydrogen-bond acceptors (Lipinski definition) is 6. The lowest BCUT2D eigenvalue weighted by molar-refractivity contribution is 0.0525. The molecule has 2 heterocycles. The van der Waals surface area contributed by atoms with Crippen molar-refractivity contribution in [2.24, 2.45) is 0 Å². The molecule has 3 rings (SSSR count). The summed E-state index contributed by atoms with van der Waals surface area (Å²) in [5.74, 6) is -0.979. The van der Waals surface area contributed by atoms with Crippen LogP contribution in [0, 0.1) is 25.2 Å². The number of rotatable bonds is 6. The first-order valence-electron chi connectivity index (χ1n) is 8.94. The average Bonchev–Trinajstić information content (AvgIpc) is 3.34. The predicted octanol–water partition coefficient (Wildman–Crippen LogP) is 3.18. The Hall–Kier alpha value is -3.99. The van der Waals surface area contributed by atoms with Crippen LogP contribution in [0.2, 0.25) is 0 Å². The molecule has 29 heavy (non-hydrogen) atoms. The highest BCUT2D eigenvalue weighted by Crippen LogP contribution is 2.22. The lowest BCUT2D eigenvalue weighted by Gasteiger charge is -2.03. The number of esters is 1. The van der Waals surface area contributed by atoms with Crippen LogP contribution in [0.25, 0.3) is 11.8 Å². The number of benzene rings is 1. The van der Waals surface area contributed by atoms with Gasteiger partial charge in [-0.25, -0.2) is 14.5 Å². The fourth-order valence-corrected chi connectivity index (χ4v) is 3.00. The molecule has 0 fully saturated rings. The smallest absolute Gasteiger partial charge is 0.340 e. The highest BCUT2D eigenvalue weighted by molar-refractivity contribution is 6.15. The molecular formula is C21H19N5O3. The van der Waals surface area contributed by atoms with E-state index in [4.69, 9.17) is 4.74 Å². The van der Waals surface area contributed by atoms with E-state index in [9.17, 15) is 14.9 Å². The number of carbonyl (C=O) groups excluding carboxylic acids is 2. The number of allylic oxidation sites excluding steroid dienone is 1. The second-order valence-electron chi connectivity index (χ2n) is 6.28. The molecule has 0 aliphatic heterocycles. The summed E-state index contributed by atoms with van der Waals surface area (Å²) in [6.45, 7) is 5.30. The number of hydrogen-bond donors (Lipinski definition) is 1. The van der Waals surface area contributed by atoms with Crippen LogP contribution >= 0.6 is 0 Å². The van der Waals surface area contributed by atoms with Crippen molar-refractivity contribution in [3.63, 3.8) is 0 Å². The van der Waals surface area contributed by atoms with E-state index in [1.54, 1.807) is 43.9 Å². The van der Waals surface area contributed by atoms with Gasteiger partial charge in [-0.3, -0.25) is 4.79 Å². The van der Waals surface area contributed by atoms with Crippen molar-refractivity contribution in [2.75, 3.05) is 6.61 Å². The number of carbonyl (C=O) groups is 2. The van der Waals surface area contributed by atoms with Crippen LogP contribution in [0.1, 0.15) is 44.6 Å². The van der Waals surface area contributed by atoms with Crippen molar-refractivity contribution in [1.82, 2.24) is 19.7 Å². The van der Waals surface area contributed by atoms with Gasteiger partial charge in [-0.05, 0) is 50.1 Å². The number of nitriles is 1. The van der Waals surface area contributed by atoms with Crippen LogP contribution in [0.15, 0.2) is 42.5 Å². The van der Waals surface area contributed by atoms with Crippen molar-refractivity contribution in [3.8, 4) is 11.8 Å². The number of Topliss-reactive ketones (excluding diaryl/α,β-unsaturated/α-hetero) is 1. The number of aromatic nitrogens is 4. The number of ketones is 1. The summed E-state index contributed by atoms with van der Waals surface area (Å²) in [4.78, 5) is 31.9. The Morgan fingerprint density at radius 1 is 1.28 bits per heavy atom. The third kappa shape index (κ3) is 3.99. The zero-order valence-corrected chi connectivity index (χ0v) is 16.3. The SMILES string of the molecule is CCOC(=O)c1c(C)[nH]c(C(=O)/C(C#N)=C\c2ccc(-n3cncn3)cc2)c1C. The van der Waals surface area contributed by atoms with Crippen LogP contribution in [-0.2, 0) is 4.74 Å². The Labute approximate surface area is 167 Å². The quantitative estimate of drug-likeness (QED) is 0.300. The van der Waals surface area contributed by atoms with Crippen molar-refractivity contribution in [3.05, 3.63) is 70.6 Å². The molecule has 0 amide bonds. The Kier molecular flexibility index (Phi) is 5.69. The minimum atomic E-state index is -0.496. The number of nitrogens with zero attached hydrogens (tertiary/aromatic N) is 4. The lowest BCUT2D eigenvalue weighted by atomic mass is 10.0. The van der Waals surface area contributed by atoms with Gasteiger partial charge in [-0.15, -0.1) is 0 Å². The van der Waals surface area contributed by atoms with Crippen molar-refractivity contribution < 1.29 is 14.3 Å². The molecule has 0 saturated carbocycles. The fraction of sp³-hybridized carbons (Fsp3) is 0.190. The second kappa shape index (κ2) is 8.35. The maximum Gasteiger partial charge on any atom is 0.340 e. The monoisotopic (exact) mass is 389 g/mol. The van der Waals surface area contributed by atoms with Gasteiger partial charge in [0.2, 0.25) is 5.78 Å². The predicted molar refractivity (Wildman–Crippen MR) is 106 cm³/mol. The minimum Gasteiger partial charge on any atom is -0.462 e. The molecule has 0 saturated heterocycles. The van der Waals surface area contributed by atoms with E-state index in [1.807, 2.05) is 18.2 Å². The maximum atomic E-state index is 12.9. The Morgan fingerprint density at radius 2 is 2.00 bits per heavy atom. The Morgan fingerprint density at radius 3 is 2.59 bits per heavy atom. The summed E-state index contributed by atoms with van der Waals surface area (Å²) >= 11 is 0. The van der Waals surface area contributed by atoms with E-state index in [0.717, 1.165) is 5.69 Å². The molecule has 0 spiro atoms. The van der Waals surface area contributed by atoms with Crippen molar-refractivity contribution >= 4 is 17.8 Å². The average molecular weight is 389 g/mol. The molecule has 146 valence electrons. The van der Waals surface area contributed by atoms with Gasteiger partial charge in [-0.2, -0.15) is 10.4 Å². The van der Waals surface area contributed by atoms with Gasteiger partial charge in [-0.1, -0.05) is 12.1 Å². The number of aryl methyl sites for hydroxylation is 1. The van der Waals surface area contributed by atoms with Gasteiger partial charge in [0.05, 0.1) is 23.6 Å². The summed E-state index contributed by atoms with van der Waals surface area (Å²) in [7, 11) is 0. The summed E-state index contributed by atoms with van der Waals surface area (Å²) in [5, 5.41) is 13.6. The van der Waals surface area contributed by atoms with Crippen molar-refractivity contribution in [1.29, 1.82) is 5.26 Å². The fourth-order valence-electron chi connectivity index (χ4n) is 3.00. The molecule has 8 nitrogen and oxygen atoms in total. The third-order valence-corrected chi connectivity index (χ3v) is 4.40. The van der Waals surface area contributed by atoms with Crippen LogP contribution in [0.4, 0.5) is 0 Å². The first-order valence-corrected chi connectivity index (χ1v) is 8.94. The van der Waals surface area contributed by atoms with Crippen LogP contribution in [0.3, 0.4) is 0 Å². The van der Waals surface area contributed by atoms with Crippen molar-refractivity contribution in [2.45, 2.75) is 20.8 Å². The highest BCUT2D eigenvalue weighted by Gasteiger charge is 2.24. The molecule has 0 radical (unpaired) electrons. The molecule has 1 aromatic carbocycles. The molecule has 8 heteroatoms. The van der Waals surface area contributed by atoms with Gasteiger partial charge in [0.25, 0.3) is 0 Å². The van der Waals surface area contributed by atoms with Gasteiger partial charge >= 0.3 is 5.97 Å². The van der Waals surface area contributed by atoms with E-state index in [2.05, 4.69) is 15.1 Å². The van der Waals surface area contributed by atoms with E-state index in [0.29, 0.717) is 22.4 Å². The van der Waals surface area contributed by atoms with E-state index in [-0.39, 0.29) is 17.9 Å². The van der Waals surface area contributed by atoms with Crippen LogP contribution in [0.5, 0.6) is 0 Å². The van der Waals surface area contributed by atoms with Crippen LogP contribution < -0.4 is 0 Å². The summed E-state index contributed by atoms with van der Waals surface area (Å²) in [6.07, 6.45) is 4.52.